The molecule has 3 saturated heterocycles. The summed E-state index contributed by atoms with van der Waals surface area (Å²) < 4.78 is 55.9. The van der Waals surface area contributed by atoms with Gasteiger partial charge in [-0.25, -0.2) is 14.0 Å². The Morgan fingerprint density at radius 1 is 0.551 bits per heavy atom. The molecule has 0 radical (unpaired) electrons. The van der Waals surface area contributed by atoms with Gasteiger partial charge >= 0.3 is 0 Å². The molecule has 33 heteroatoms. The second-order valence-corrected chi connectivity index (χ2v) is 20.2. The molecule has 6 rings (SSSR count). The van der Waals surface area contributed by atoms with Crippen LogP contribution in [0.4, 0.5) is 0 Å². The van der Waals surface area contributed by atoms with Gasteiger partial charge in [-0.05, 0) is 30.8 Å². The second kappa shape index (κ2) is 32.1. The fourth-order valence-electron chi connectivity index (χ4n) is 8.32. The third-order valence-corrected chi connectivity index (χ3v) is 14.0. The largest absolute Gasteiger partial charge is 0.394 e. The van der Waals surface area contributed by atoms with E-state index in [-0.39, 0.29) is 91.4 Å². The molecule has 0 spiro atoms. The quantitative estimate of drug-likeness (QED) is 0.0243. The molecule has 1 amide bonds. The Morgan fingerprint density at radius 2 is 0.910 bits per heavy atom. The fourth-order valence-corrected chi connectivity index (χ4v) is 9.23. The Balaban J connectivity index is 1.09. The van der Waals surface area contributed by atoms with Crippen molar-refractivity contribution < 1.29 is 109 Å². The van der Waals surface area contributed by atoms with E-state index in [9.17, 15) is 66.1 Å². The van der Waals surface area contributed by atoms with Crippen LogP contribution in [0, 0.1) is 0 Å². The van der Waals surface area contributed by atoms with Gasteiger partial charge < -0.3 is 109 Å². The molecule has 0 aromatic carbocycles. The van der Waals surface area contributed by atoms with Crippen LogP contribution in [0.15, 0.2) is 18.6 Å². The molecule has 444 valence electrons. The van der Waals surface area contributed by atoms with Crippen LogP contribution < -0.4 is 5.32 Å². The van der Waals surface area contributed by atoms with E-state index in [0.29, 0.717) is 23.5 Å². The van der Waals surface area contributed by atoms with Crippen LogP contribution in [0.3, 0.4) is 0 Å². The molecule has 3 aromatic heterocycles. The summed E-state index contributed by atoms with van der Waals surface area (Å²) in [6.45, 7) is -0.416. The molecule has 78 heavy (non-hydrogen) atoms. The summed E-state index contributed by atoms with van der Waals surface area (Å²) in [7, 11) is 0. The van der Waals surface area contributed by atoms with Crippen molar-refractivity contribution >= 4 is 17.7 Å². The molecular formula is C45H76N10O22S. The Morgan fingerprint density at radius 3 is 1.24 bits per heavy atom. The fraction of sp³-hybridized carbons (Fsp3) is 0.844. The van der Waals surface area contributed by atoms with Crippen molar-refractivity contribution in [3.63, 3.8) is 0 Å². The number of unbranched alkanes of at least 4 members (excludes halogenated alkanes) is 1. The van der Waals surface area contributed by atoms with Crippen molar-refractivity contribution in [2.45, 2.75) is 170 Å². The summed E-state index contributed by atoms with van der Waals surface area (Å²) in [5, 5.41) is 148. The molecular weight excluding hydrogens is 1060 g/mol. The molecule has 15 atom stereocenters. The predicted molar refractivity (Wildman–Crippen MR) is 261 cm³/mol. The van der Waals surface area contributed by atoms with Crippen LogP contribution in [-0.2, 0) is 86.9 Å². The van der Waals surface area contributed by atoms with Gasteiger partial charge in [0.2, 0.25) is 5.91 Å². The van der Waals surface area contributed by atoms with E-state index in [2.05, 4.69) is 43.2 Å². The van der Waals surface area contributed by atoms with Gasteiger partial charge in [-0.2, -0.15) is 11.8 Å². The Labute approximate surface area is 452 Å². The molecule has 3 aliphatic rings. The molecule has 0 saturated carbocycles. The molecule has 15 unspecified atom stereocenters. The Hall–Kier alpha value is -3.60. The number of aromatic nitrogens is 9. The number of thioether (sulfide) groups is 1. The minimum absolute atomic E-state index is 0.0686. The van der Waals surface area contributed by atoms with Gasteiger partial charge in [0.05, 0.1) is 118 Å². The first kappa shape index (κ1) is 63.6. The summed E-state index contributed by atoms with van der Waals surface area (Å²) >= 11 is 1.81. The maximum Gasteiger partial charge on any atom is 0.220 e. The van der Waals surface area contributed by atoms with Crippen LogP contribution in [0.2, 0.25) is 0 Å². The topological polar surface area (TPSA) is 447 Å². The molecule has 32 nitrogen and oxygen atoms in total. The second-order valence-electron chi connectivity index (χ2n) is 19.0. The normalized spacial score (nSPS) is 30.4. The number of hydrogen-bond acceptors (Lipinski definition) is 29. The molecule has 3 aromatic rings. The number of aliphatic hydroxyl groups excluding tert-OH is 12. The van der Waals surface area contributed by atoms with Crippen molar-refractivity contribution in [3.8, 4) is 0 Å². The Bertz CT molecular complexity index is 1960. The van der Waals surface area contributed by atoms with Crippen molar-refractivity contribution in [2.24, 2.45) is 0 Å². The van der Waals surface area contributed by atoms with E-state index in [0.717, 1.165) is 24.3 Å². The first-order chi connectivity index (χ1) is 37.6. The number of amides is 1. The van der Waals surface area contributed by atoms with Gasteiger partial charge in [0.25, 0.3) is 0 Å². The summed E-state index contributed by atoms with van der Waals surface area (Å²) in [5.74, 6) is 1.61. The monoisotopic (exact) mass is 1140 g/mol. The predicted octanol–water partition coefficient (Wildman–Crippen LogP) is -6.97. The smallest absolute Gasteiger partial charge is 0.220 e. The van der Waals surface area contributed by atoms with Crippen LogP contribution in [-0.4, -0.2) is 281 Å². The highest BCUT2D eigenvalue weighted by Gasteiger charge is 2.46. The van der Waals surface area contributed by atoms with Crippen molar-refractivity contribution in [1.82, 2.24) is 50.3 Å². The lowest BCUT2D eigenvalue weighted by Gasteiger charge is -2.39. The van der Waals surface area contributed by atoms with Crippen LogP contribution in [0.1, 0.15) is 49.7 Å². The summed E-state index contributed by atoms with van der Waals surface area (Å²) in [4.78, 5) is 13.8. The number of ether oxygens (including phenoxy) is 9. The summed E-state index contributed by atoms with van der Waals surface area (Å²) in [6, 6.07) is 0. The average Bonchev–Trinajstić information content (AvgIpc) is 4.21. The van der Waals surface area contributed by atoms with Crippen LogP contribution in [0.25, 0.3) is 0 Å². The molecule has 3 fully saturated rings. The first-order valence-electron chi connectivity index (χ1n) is 25.6. The van der Waals surface area contributed by atoms with E-state index in [4.69, 9.17) is 42.6 Å². The molecule has 3 aliphatic heterocycles. The van der Waals surface area contributed by atoms with Crippen molar-refractivity contribution in [1.29, 1.82) is 0 Å². The maximum atomic E-state index is 13.8. The van der Waals surface area contributed by atoms with Crippen molar-refractivity contribution in [3.05, 3.63) is 35.7 Å². The highest BCUT2D eigenvalue weighted by Crippen LogP contribution is 2.25. The number of hydrogen-bond donors (Lipinski definition) is 13. The van der Waals surface area contributed by atoms with E-state index < -0.39 is 117 Å². The average molecular weight is 1140 g/mol. The number of rotatable bonds is 35. The zero-order valence-corrected chi connectivity index (χ0v) is 43.9. The third kappa shape index (κ3) is 18.5. The van der Waals surface area contributed by atoms with Gasteiger partial charge in [0.15, 0.2) is 18.9 Å². The van der Waals surface area contributed by atoms with E-state index in [1.165, 1.54) is 14.0 Å². The van der Waals surface area contributed by atoms with Gasteiger partial charge in [-0.15, -0.1) is 15.3 Å². The summed E-state index contributed by atoms with van der Waals surface area (Å²) in [5.41, 5.74) is -0.204. The number of nitrogens with zero attached hydrogens (tertiary/aromatic N) is 9. The Kier molecular flexibility index (Phi) is 26.2. The number of carbonyl (C=O) groups excluding carboxylic acids is 1. The van der Waals surface area contributed by atoms with Crippen molar-refractivity contribution in [2.75, 3.05) is 71.0 Å². The molecule has 13 N–H and O–H groups in total. The van der Waals surface area contributed by atoms with Gasteiger partial charge in [-0.1, -0.05) is 22.6 Å². The number of aliphatic hydroxyl groups is 12. The lowest BCUT2D eigenvalue weighted by atomic mass is 9.99. The van der Waals surface area contributed by atoms with E-state index in [1.54, 1.807) is 18.6 Å². The molecule has 0 aliphatic carbocycles. The highest BCUT2D eigenvalue weighted by molar-refractivity contribution is 7.99. The highest BCUT2D eigenvalue weighted by atomic mass is 32.2. The zero-order chi connectivity index (χ0) is 56.2. The lowest BCUT2D eigenvalue weighted by molar-refractivity contribution is -0.301. The van der Waals surface area contributed by atoms with Gasteiger partial charge in [0, 0.05) is 6.42 Å². The first-order valence-corrected chi connectivity index (χ1v) is 26.8. The third-order valence-electron chi connectivity index (χ3n) is 12.7. The van der Waals surface area contributed by atoms with Gasteiger partial charge in [-0.3, -0.25) is 4.79 Å². The zero-order valence-electron chi connectivity index (χ0n) is 43.1. The van der Waals surface area contributed by atoms with Crippen LogP contribution in [0.5, 0.6) is 0 Å². The minimum Gasteiger partial charge on any atom is -0.394 e. The molecule has 6 heterocycles. The molecule has 0 bridgehead atoms. The standard InChI is InChI=1S/C45H76N10O22S/c1-2-12-78-13-4-3-5-32(59)46-45(23-69-20-26-14-53(50-47-26)6-9-72-42-39(66)36(63)33(60)29(17-56)75-42,24-70-21-27-15-54(51-48-27)7-10-73-43-40(67)37(64)34(61)30(18-57)76-43)25-71-22-28-16-55(52-49-28)8-11-74-44-41(68)38(65)35(62)31(19-58)77-44/h14-16,29-31,33-44,56-58,60-68H,2-13,17-25H2,1H3,(H,46,59). The van der Waals surface area contributed by atoms with Gasteiger partial charge in [0.1, 0.15) is 95.9 Å². The minimum atomic E-state index is -1.60. The van der Waals surface area contributed by atoms with E-state index in [1.807, 2.05) is 11.8 Å². The van der Waals surface area contributed by atoms with E-state index >= 15 is 0 Å². The maximum absolute atomic E-state index is 13.8. The summed E-state index contributed by atoms with van der Waals surface area (Å²) in [6.07, 6.45) is -14.2. The number of nitrogens with one attached hydrogen (secondary N) is 1. The van der Waals surface area contributed by atoms with Crippen LogP contribution >= 0.6 is 11.8 Å². The lowest BCUT2D eigenvalue weighted by Crippen LogP contribution is -2.59. The SMILES string of the molecule is CCCSCCCCC(=O)NC(COCc1cn(CCOC2OC(CO)C(O)C(O)C2O)nn1)(COCc1cn(CCOC2OC(CO)C(O)C(O)C2O)nn1)COCc1cn(CCOC2OC(CO)C(O)C(O)C2O)nn1. The number of carbonyl (C=O) groups is 1.